The molecule has 2 nitrogen and oxygen atoms in total. The molecule has 0 aliphatic heterocycles. The number of aryl methyl sites for hydroxylation is 2. The number of thiazole rings is 1. The number of aromatic nitrogens is 1. The average Bonchev–Trinajstić information content (AvgIpc) is 2.48. The topological polar surface area (TPSA) is 24.9 Å². The van der Waals surface area contributed by atoms with E-state index in [9.17, 15) is 0 Å². The number of hydrogen-bond acceptors (Lipinski definition) is 3. The lowest BCUT2D eigenvalue weighted by molar-refractivity contribution is 0.382. The van der Waals surface area contributed by atoms with Crippen molar-refractivity contribution in [3.05, 3.63) is 15.6 Å². The molecule has 1 aromatic heterocycles. The van der Waals surface area contributed by atoms with Crippen LogP contribution in [0.4, 0.5) is 0 Å². The minimum absolute atomic E-state index is 0.419. The molecule has 0 aliphatic carbocycles. The number of nitrogens with zero attached hydrogens (tertiary/aromatic N) is 1. The smallest absolute Gasteiger partial charge is 0.110 e. The Balaban J connectivity index is 2.82. The van der Waals surface area contributed by atoms with E-state index < -0.39 is 0 Å². The second kappa shape index (κ2) is 5.61. The van der Waals surface area contributed by atoms with Gasteiger partial charge in [-0.05, 0) is 33.2 Å². The van der Waals surface area contributed by atoms with Gasteiger partial charge in [0.15, 0.2) is 0 Å². The van der Waals surface area contributed by atoms with Gasteiger partial charge in [0, 0.05) is 4.88 Å². The molecule has 0 saturated heterocycles. The van der Waals surface area contributed by atoms with E-state index in [1.807, 2.05) is 18.4 Å². The number of nitrogens with one attached hydrogen (secondary N) is 1. The highest BCUT2D eigenvalue weighted by Crippen LogP contribution is 2.29. The van der Waals surface area contributed by atoms with Crippen molar-refractivity contribution >= 4 is 11.3 Å². The van der Waals surface area contributed by atoms with Crippen LogP contribution in [0.5, 0.6) is 0 Å². The van der Waals surface area contributed by atoms with Gasteiger partial charge in [0.05, 0.1) is 11.7 Å². The first-order valence-corrected chi connectivity index (χ1v) is 6.53. The molecular formula is C12H22N2S. The predicted molar refractivity (Wildman–Crippen MR) is 67.5 cm³/mol. The Bertz CT molecular complexity index is 287. The van der Waals surface area contributed by atoms with Crippen molar-refractivity contribution in [1.29, 1.82) is 0 Å². The second-order valence-electron chi connectivity index (χ2n) is 4.23. The standard InChI is InChI=1S/C12H22N2S/c1-6-7-8(2)11(13-5)12-14-9(3)10(4)15-12/h8,11,13H,6-7H2,1-5H3. The van der Waals surface area contributed by atoms with Crippen LogP contribution in [0, 0.1) is 19.8 Å². The predicted octanol–water partition coefficient (Wildman–Crippen LogP) is 3.46. The van der Waals surface area contributed by atoms with Gasteiger partial charge in [-0.15, -0.1) is 11.3 Å². The SMILES string of the molecule is CCCC(C)C(NC)c1nc(C)c(C)s1. The fraction of sp³-hybridized carbons (Fsp3) is 0.750. The summed E-state index contributed by atoms with van der Waals surface area (Å²) in [4.78, 5) is 5.98. The molecule has 0 radical (unpaired) electrons. The minimum Gasteiger partial charge on any atom is -0.311 e. The maximum absolute atomic E-state index is 4.64. The Kier molecular flexibility index (Phi) is 4.74. The molecule has 2 atom stereocenters. The van der Waals surface area contributed by atoms with E-state index in [1.165, 1.54) is 28.4 Å². The lowest BCUT2D eigenvalue weighted by Crippen LogP contribution is -2.23. The van der Waals surface area contributed by atoms with Gasteiger partial charge < -0.3 is 5.32 Å². The molecule has 0 spiro atoms. The van der Waals surface area contributed by atoms with E-state index in [0.29, 0.717) is 12.0 Å². The lowest BCUT2D eigenvalue weighted by Gasteiger charge is -2.20. The van der Waals surface area contributed by atoms with E-state index >= 15 is 0 Å². The number of rotatable bonds is 5. The van der Waals surface area contributed by atoms with Gasteiger partial charge in [-0.2, -0.15) is 0 Å². The molecule has 1 N–H and O–H groups in total. The molecule has 1 aromatic rings. The summed E-state index contributed by atoms with van der Waals surface area (Å²) in [6, 6.07) is 0.419. The zero-order valence-corrected chi connectivity index (χ0v) is 11.2. The van der Waals surface area contributed by atoms with Crippen LogP contribution in [0.25, 0.3) is 0 Å². The van der Waals surface area contributed by atoms with Crippen molar-refractivity contribution in [1.82, 2.24) is 10.3 Å². The Morgan fingerprint density at radius 2 is 2.07 bits per heavy atom. The van der Waals surface area contributed by atoms with Gasteiger partial charge >= 0.3 is 0 Å². The highest BCUT2D eigenvalue weighted by molar-refractivity contribution is 7.11. The zero-order valence-electron chi connectivity index (χ0n) is 10.4. The molecule has 15 heavy (non-hydrogen) atoms. The Morgan fingerprint density at radius 1 is 1.40 bits per heavy atom. The summed E-state index contributed by atoms with van der Waals surface area (Å²) < 4.78 is 0. The van der Waals surface area contributed by atoms with Crippen LogP contribution in [-0.2, 0) is 0 Å². The first-order valence-electron chi connectivity index (χ1n) is 5.71. The lowest BCUT2D eigenvalue weighted by atomic mass is 9.97. The van der Waals surface area contributed by atoms with Crippen molar-refractivity contribution < 1.29 is 0 Å². The van der Waals surface area contributed by atoms with Crippen LogP contribution in [0.2, 0.25) is 0 Å². The van der Waals surface area contributed by atoms with E-state index in [1.54, 1.807) is 0 Å². The second-order valence-corrected chi connectivity index (χ2v) is 5.46. The van der Waals surface area contributed by atoms with Gasteiger partial charge in [0.1, 0.15) is 5.01 Å². The summed E-state index contributed by atoms with van der Waals surface area (Å²) in [6.07, 6.45) is 2.49. The highest BCUT2D eigenvalue weighted by atomic mass is 32.1. The summed E-state index contributed by atoms with van der Waals surface area (Å²) >= 11 is 1.83. The minimum atomic E-state index is 0.419. The van der Waals surface area contributed by atoms with Crippen LogP contribution < -0.4 is 5.32 Å². The van der Waals surface area contributed by atoms with Crippen molar-refractivity contribution in [3.63, 3.8) is 0 Å². The molecule has 0 aromatic carbocycles. The van der Waals surface area contributed by atoms with Gasteiger partial charge in [-0.3, -0.25) is 0 Å². The highest BCUT2D eigenvalue weighted by Gasteiger charge is 2.20. The van der Waals surface area contributed by atoms with Gasteiger partial charge in [-0.1, -0.05) is 20.3 Å². The van der Waals surface area contributed by atoms with Gasteiger partial charge in [-0.25, -0.2) is 4.98 Å². The molecule has 0 aliphatic rings. The summed E-state index contributed by atoms with van der Waals surface area (Å²) in [6.45, 7) is 8.78. The molecule has 3 heteroatoms. The van der Waals surface area contributed by atoms with Crippen LogP contribution in [-0.4, -0.2) is 12.0 Å². The Labute approximate surface area is 97.1 Å². The fourth-order valence-corrected chi connectivity index (χ4v) is 3.07. The first-order chi connectivity index (χ1) is 7.10. The zero-order chi connectivity index (χ0) is 11.4. The van der Waals surface area contributed by atoms with Crippen molar-refractivity contribution in [3.8, 4) is 0 Å². The Hall–Kier alpha value is -0.410. The van der Waals surface area contributed by atoms with Gasteiger partial charge in [0.25, 0.3) is 0 Å². The van der Waals surface area contributed by atoms with Crippen LogP contribution in [0.1, 0.15) is 48.3 Å². The largest absolute Gasteiger partial charge is 0.311 e. The third-order valence-corrected chi connectivity index (χ3v) is 4.09. The number of hydrogen-bond donors (Lipinski definition) is 1. The van der Waals surface area contributed by atoms with Gasteiger partial charge in [0.2, 0.25) is 0 Å². The molecule has 0 bridgehead atoms. The maximum atomic E-state index is 4.64. The van der Waals surface area contributed by atoms with E-state index in [0.717, 1.165) is 0 Å². The average molecular weight is 226 g/mol. The molecule has 86 valence electrons. The Morgan fingerprint density at radius 3 is 2.47 bits per heavy atom. The van der Waals surface area contributed by atoms with Crippen LogP contribution >= 0.6 is 11.3 Å². The van der Waals surface area contributed by atoms with E-state index in [2.05, 4.69) is 38.0 Å². The third-order valence-electron chi connectivity index (χ3n) is 2.94. The van der Waals surface area contributed by atoms with Crippen molar-refractivity contribution in [2.75, 3.05) is 7.05 Å². The monoisotopic (exact) mass is 226 g/mol. The molecule has 1 rings (SSSR count). The van der Waals surface area contributed by atoms with Crippen molar-refractivity contribution in [2.45, 2.75) is 46.6 Å². The fourth-order valence-electron chi connectivity index (χ4n) is 1.90. The van der Waals surface area contributed by atoms with E-state index in [4.69, 9.17) is 0 Å². The third kappa shape index (κ3) is 3.02. The molecule has 0 amide bonds. The quantitative estimate of drug-likeness (QED) is 0.831. The van der Waals surface area contributed by atoms with Crippen LogP contribution in [0.15, 0.2) is 0 Å². The summed E-state index contributed by atoms with van der Waals surface area (Å²) in [7, 11) is 2.03. The molecule has 0 fully saturated rings. The normalized spacial score (nSPS) is 15.3. The van der Waals surface area contributed by atoms with Crippen LogP contribution in [0.3, 0.4) is 0 Å². The molecular weight excluding hydrogens is 204 g/mol. The molecule has 1 heterocycles. The summed E-state index contributed by atoms with van der Waals surface area (Å²) in [5, 5.41) is 4.64. The maximum Gasteiger partial charge on any atom is 0.110 e. The van der Waals surface area contributed by atoms with E-state index in [-0.39, 0.29) is 0 Å². The van der Waals surface area contributed by atoms with Crippen molar-refractivity contribution in [2.24, 2.45) is 5.92 Å². The molecule has 2 unspecified atom stereocenters. The summed E-state index contributed by atoms with van der Waals surface area (Å²) in [5.41, 5.74) is 1.18. The first kappa shape index (κ1) is 12.7. The molecule has 0 saturated carbocycles. The summed E-state index contributed by atoms with van der Waals surface area (Å²) in [5.74, 6) is 0.657.